The van der Waals surface area contributed by atoms with Crippen LogP contribution in [0.5, 0.6) is 5.75 Å². The van der Waals surface area contributed by atoms with Crippen LogP contribution in [0.15, 0.2) is 71.6 Å². The molecule has 0 bridgehead atoms. The molecular weight excluding hydrogens is 412 g/mol. The third kappa shape index (κ3) is 3.88. The van der Waals surface area contributed by atoms with Gasteiger partial charge < -0.3 is 9.64 Å². The van der Waals surface area contributed by atoms with Gasteiger partial charge in [0.05, 0.1) is 17.7 Å². The number of carbonyl (C=O) groups excluding carboxylic acids is 1. The highest BCUT2D eigenvalue weighted by Gasteiger charge is 2.31. The predicted molar refractivity (Wildman–Crippen MR) is 122 cm³/mol. The second kappa shape index (κ2) is 8.07. The highest BCUT2D eigenvalue weighted by Crippen LogP contribution is 2.34. The molecule has 0 spiro atoms. The normalized spacial score (nSPS) is 13.1. The first-order chi connectivity index (χ1) is 14.8. The number of amides is 1. The van der Waals surface area contributed by atoms with Crippen molar-refractivity contribution in [3.8, 4) is 5.75 Å². The first kappa shape index (κ1) is 20.9. The van der Waals surface area contributed by atoms with Gasteiger partial charge in [0, 0.05) is 24.8 Å². The number of sulfonamides is 1. The number of methoxy groups -OCH3 is 1. The van der Waals surface area contributed by atoms with Crippen molar-refractivity contribution in [2.45, 2.75) is 18.2 Å². The van der Waals surface area contributed by atoms with Crippen molar-refractivity contribution in [2.75, 3.05) is 29.9 Å². The number of rotatable bonds is 5. The SMILES string of the molecule is COc1ccc(N(C)C(=O)c2ccc3c(c2)CCN3S(=O)(=O)c2ccc(C)cc2)cc1. The molecule has 0 radical (unpaired) electrons. The van der Waals surface area contributed by atoms with Crippen molar-refractivity contribution in [3.63, 3.8) is 0 Å². The molecule has 0 saturated carbocycles. The summed E-state index contributed by atoms with van der Waals surface area (Å²) in [5.74, 6) is 0.560. The fourth-order valence-corrected chi connectivity index (χ4v) is 5.21. The summed E-state index contributed by atoms with van der Waals surface area (Å²) in [7, 11) is -0.334. The molecule has 0 atom stereocenters. The van der Waals surface area contributed by atoms with E-state index in [2.05, 4.69) is 0 Å². The van der Waals surface area contributed by atoms with E-state index in [1.54, 1.807) is 73.7 Å². The number of anilines is 2. The Labute approximate surface area is 182 Å². The van der Waals surface area contributed by atoms with Gasteiger partial charge in [0.1, 0.15) is 5.75 Å². The van der Waals surface area contributed by atoms with Crippen LogP contribution < -0.4 is 13.9 Å². The minimum absolute atomic E-state index is 0.159. The Hall–Kier alpha value is -3.32. The molecule has 0 aliphatic carbocycles. The molecule has 0 N–H and O–H groups in total. The van der Waals surface area contributed by atoms with Crippen LogP contribution in [0.3, 0.4) is 0 Å². The van der Waals surface area contributed by atoms with Crippen LogP contribution in [-0.4, -0.2) is 35.0 Å². The number of carbonyl (C=O) groups is 1. The second-order valence-corrected chi connectivity index (χ2v) is 9.41. The number of benzene rings is 3. The van der Waals surface area contributed by atoms with Gasteiger partial charge in [-0.05, 0) is 73.5 Å². The number of ether oxygens (including phenoxy) is 1. The fraction of sp³-hybridized carbons (Fsp3) is 0.208. The van der Waals surface area contributed by atoms with E-state index in [0.29, 0.717) is 24.2 Å². The molecule has 31 heavy (non-hydrogen) atoms. The van der Waals surface area contributed by atoms with E-state index in [0.717, 1.165) is 22.6 Å². The molecule has 1 heterocycles. The van der Waals surface area contributed by atoms with Crippen molar-refractivity contribution in [1.29, 1.82) is 0 Å². The van der Waals surface area contributed by atoms with Gasteiger partial charge in [0.15, 0.2) is 0 Å². The number of hydrogen-bond donors (Lipinski definition) is 0. The standard InChI is InChI=1S/C24H24N2O4S/c1-17-4-11-22(12-5-17)31(28,29)26-15-14-18-16-19(6-13-23(18)26)24(27)25(2)20-7-9-21(30-3)10-8-20/h4-13,16H,14-15H2,1-3H3. The number of nitrogens with zero attached hydrogens (tertiary/aromatic N) is 2. The average Bonchev–Trinajstić information content (AvgIpc) is 3.22. The van der Waals surface area contributed by atoms with E-state index in [1.165, 1.54) is 4.31 Å². The van der Waals surface area contributed by atoms with Crippen molar-refractivity contribution in [2.24, 2.45) is 0 Å². The van der Waals surface area contributed by atoms with E-state index >= 15 is 0 Å². The van der Waals surface area contributed by atoms with Crippen LogP contribution in [0.25, 0.3) is 0 Å². The summed E-state index contributed by atoms with van der Waals surface area (Å²) in [6, 6.07) is 19.3. The molecule has 0 saturated heterocycles. The van der Waals surface area contributed by atoms with Crippen LogP contribution in [0.4, 0.5) is 11.4 Å². The van der Waals surface area contributed by atoms with Crippen LogP contribution >= 0.6 is 0 Å². The molecule has 1 aliphatic rings. The Morgan fingerprint density at radius 3 is 2.32 bits per heavy atom. The maximum atomic E-state index is 13.1. The maximum Gasteiger partial charge on any atom is 0.264 e. The molecule has 3 aromatic carbocycles. The maximum absolute atomic E-state index is 13.1. The van der Waals surface area contributed by atoms with Crippen LogP contribution in [0, 0.1) is 6.92 Å². The number of fused-ring (bicyclic) bond motifs is 1. The minimum Gasteiger partial charge on any atom is -0.497 e. The smallest absolute Gasteiger partial charge is 0.264 e. The van der Waals surface area contributed by atoms with Crippen molar-refractivity contribution in [3.05, 3.63) is 83.4 Å². The van der Waals surface area contributed by atoms with E-state index in [1.807, 2.05) is 19.1 Å². The molecule has 0 aromatic heterocycles. The van der Waals surface area contributed by atoms with Crippen molar-refractivity contribution >= 4 is 27.3 Å². The molecule has 4 rings (SSSR count). The Balaban J connectivity index is 1.59. The third-order valence-electron chi connectivity index (χ3n) is 5.55. The lowest BCUT2D eigenvalue weighted by atomic mass is 10.1. The molecule has 1 amide bonds. The predicted octanol–water partition coefficient (Wildman–Crippen LogP) is 4.03. The zero-order valence-electron chi connectivity index (χ0n) is 17.7. The fourth-order valence-electron chi connectivity index (χ4n) is 3.71. The second-order valence-electron chi connectivity index (χ2n) is 7.55. The van der Waals surface area contributed by atoms with Crippen LogP contribution in [0.1, 0.15) is 21.5 Å². The monoisotopic (exact) mass is 436 g/mol. The Bertz CT molecular complexity index is 1220. The summed E-state index contributed by atoms with van der Waals surface area (Å²) < 4.78 is 32.8. The van der Waals surface area contributed by atoms with E-state index < -0.39 is 10.0 Å². The van der Waals surface area contributed by atoms with Crippen LogP contribution in [-0.2, 0) is 16.4 Å². The first-order valence-corrected chi connectivity index (χ1v) is 11.4. The molecule has 0 unspecified atom stereocenters. The van der Waals surface area contributed by atoms with E-state index in [9.17, 15) is 13.2 Å². The minimum atomic E-state index is -3.64. The van der Waals surface area contributed by atoms with E-state index in [-0.39, 0.29) is 10.8 Å². The summed E-state index contributed by atoms with van der Waals surface area (Å²) in [5.41, 5.74) is 3.75. The molecule has 6 nitrogen and oxygen atoms in total. The van der Waals surface area contributed by atoms with E-state index in [4.69, 9.17) is 4.74 Å². The lowest BCUT2D eigenvalue weighted by molar-refractivity contribution is 0.0993. The van der Waals surface area contributed by atoms with Gasteiger partial charge in [0.25, 0.3) is 15.9 Å². The summed E-state index contributed by atoms with van der Waals surface area (Å²) in [5, 5.41) is 0. The van der Waals surface area contributed by atoms with Crippen LogP contribution in [0.2, 0.25) is 0 Å². The highest BCUT2D eigenvalue weighted by molar-refractivity contribution is 7.92. The van der Waals surface area contributed by atoms with Crippen molar-refractivity contribution < 1.29 is 17.9 Å². The Morgan fingerprint density at radius 1 is 1.00 bits per heavy atom. The molecule has 160 valence electrons. The Morgan fingerprint density at radius 2 is 1.68 bits per heavy atom. The van der Waals surface area contributed by atoms with Crippen molar-refractivity contribution in [1.82, 2.24) is 0 Å². The van der Waals surface area contributed by atoms with Gasteiger partial charge in [0.2, 0.25) is 0 Å². The van der Waals surface area contributed by atoms with Gasteiger partial charge in [-0.1, -0.05) is 17.7 Å². The Kier molecular flexibility index (Phi) is 5.45. The molecule has 1 aliphatic heterocycles. The largest absolute Gasteiger partial charge is 0.497 e. The molecule has 0 fully saturated rings. The van der Waals surface area contributed by atoms with Gasteiger partial charge in [-0.2, -0.15) is 0 Å². The summed E-state index contributed by atoms with van der Waals surface area (Å²) in [6.45, 7) is 2.28. The molecule has 3 aromatic rings. The summed E-state index contributed by atoms with van der Waals surface area (Å²) in [6.07, 6.45) is 0.563. The van der Waals surface area contributed by atoms with Gasteiger partial charge in [-0.25, -0.2) is 8.42 Å². The van der Waals surface area contributed by atoms with Gasteiger partial charge in [-0.3, -0.25) is 9.10 Å². The lowest BCUT2D eigenvalue weighted by Crippen LogP contribution is -2.29. The highest BCUT2D eigenvalue weighted by atomic mass is 32.2. The topological polar surface area (TPSA) is 66.9 Å². The van der Waals surface area contributed by atoms with Gasteiger partial charge >= 0.3 is 0 Å². The zero-order valence-corrected chi connectivity index (χ0v) is 18.5. The summed E-state index contributed by atoms with van der Waals surface area (Å²) in [4.78, 5) is 14.8. The average molecular weight is 437 g/mol. The summed E-state index contributed by atoms with van der Waals surface area (Å²) >= 11 is 0. The lowest BCUT2D eigenvalue weighted by Gasteiger charge is -2.21. The molecule has 7 heteroatoms. The zero-order chi connectivity index (χ0) is 22.2. The first-order valence-electron chi connectivity index (χ1n) is 9.96. The number of hydrogen-bond acceptors (Lipinski definition) is 4. The number of aryl methyl sites for hydroxylation is 1. The quantitative estimate of drug-likeness (QED) is 0.606. The molecular formula is C24H24N2O4S. The third-order valence-corrected chi connectivity index (χ3v) is 7.38. The van der Waals surface area contributed by atoms with Gasteiger partial charge in [-0.15, -0.1) is 0 Å².